The van der Waals surface area contributed by atoms with Gasteiger partial charge in [-0.25, -0.2) is 0 Å². The third-order valence-corrected chi connectivity index (χ3v) is 4.01. The molecule has 0 aliphatic carbocycles. The molecule has 0 saturated carbocycles. The number of benzene rings is 1. The number of nitrogens with one attached hydrogen (secondary N) is 2. The summed E-state index contributed by atoms with van der Waals surface area (Å²) in [6.45, 7) is 11.0. The molecule has 1 aliphatic rings. The average Bonchev–Trinajstić information content (AvgIpc) is 2.81. The second kappa shape index (κ2) is 9.62. The van der Waals surface area contributed by atoms with Gasteiger partial charge in [0.1, 0.15) is 11.7 Å². The molecule has 2 rings (SSSR count). The molecular weight excluding hydrogens is 308 g/mol. The van der Waals surface area contributed by atoms with E-state index >= 15 is 0 Å². The van der Waals surface area contributed by atoms with Crippen molar-refractivity contribution in [3.8, 4) is 0 Å². The summed E-state index contributed by atoms with van der Waals surface area (Å²) in [6.07, 6.45) is 8.84. The van der Waals surface area contributed by atoms with Crippen molar-refractivity contribution in [2.24, 2.45) is 10.1 Å². The molecule has 0 unspecified atom stereocenters. The number of aryl methyl sites for hydroxylation is 1. The van der Waals surface area contributed by atoms with Crippen molar-refractivity contribution >= 4 is 12.1 Å². The quantitative estimate of drug-likeness (QED) is 0.439. The Morgan fingerprint density at radius 2 is 2.20 bits per heavy atom. The number of nitrogens with zero attached hydrogens (tertiary/aromatic N) is 2. The first-order valence-corrected chi connectivity index (χ1v) is 8.84. The van der Waals surface area contributed by atoms with Gasteiger partial charge in [-0.2, -0.15) is 5.10 Å². The van der Waals surface area contributed by atoms with Gasteiger partial charge in [0.05, 0.1) is 12.8 Å². The largest absolute Gasteiger partial charge is 0.329 e. The molecule has 1 aromatic rings. The molecule has 1 aromatic carbocycles. The smallest absolute Gasteiger partial charge is 0.125 e. The van der Waals surface area contributed by atoms with Crippen LogP contribution in [0.3, 0.4) is 0 Å². The van der Waals surface area contributed by atoms with Crippen LogP contribution in [0.4, 0.5) is 0 Å². The monoisotopic (exact) mass is 336 g/mol. The molecule has 0 bridgehead atoms. The lowest BCUT2D eigenvalue weighted by Crippen LogP contribution is -2.28. The predicted molar refractivity (Wildman–Crippen MR) is 108 cm³/mol. The minimum Gasteiger partial charge on any atom is -0.329 e. The summed E-state index contributed by atoms with van der Waals surface area (Å²) in [7, 11) is 0. The molecule has 0 atom stereocenters. The summed E-state index contributed by atoms with van der Waals surface area (Å²) >= 11 is 0. The standard InChI is InChI=1S/C21H28N4/c1-5-16(3)14-22-20-11-10-18(6-2)13-21(24-20)25-23-15-19-9-7-8-17(4)12-19/h7-10,12-13,15,25H,3,5-6,11,14H2,1-2,4H3,(H,22,24)/b23-15+. The fraction of sp³-hybridized carbons (Fsp3) is 0.333. The van der Waals surface area contributed by atoms with E-state index in [1.54, 1.807) is 0 Å². The third kappa shape index (κ3) is 6.42. The Morgan fingerprint density at radius 3 is 2.92 bits per heavy atom. The summed E-state index contributed by atoms with van der Waals surface area (Å²) in [5.74, 6) is 1.78. The van der Waals surface area contributed by atoms with E-state index in [0.29, 0.717) is 6.54 Å². The number of hydrazone groups is 1. The maximum Gasteiger partial charge on any atom is 0.125 e. The lowest BCUT2D eigenvalue weighted by atomic mass is 10.1. The minimum absolute atomic E-state index is 0.661. The van der Waals surface area contributed by atoms with Crippen LogP contribution in [0.15, 0.2) is 70.1 Å². The van der Waals surface area contributed by atoms with Crippen molar-refractivity contribution in [1.29, 1.82) is 0 Å². The van der Waals surface area contributed by atoms with Gasteiger partial charge in [0, 0.05) is 6.42 Å². The highest BCUT2D eigenvalue weighted by Gasteiger charge is 2.07. The molecule has 25 heavy (non-hydrogen) atoms. The topological polar surface area (TPSA) is 48.8 Å². The number of aliphatic imine (C=N–C) groups is 1. The molecule has 4 nitrogen and oxygen atoms in total. The maximum absolute atomic E-state index is 4.64. The van der Waals surface area contributed by atoms with Crippen molar-refractivity contribution in [2.75, 3.05) is 6.54 Å². The van der Waals surface area contributed by atoms with Crippen LogP contribution in [0.25, 0.3) is 0 Å². The van der Waals surface area contributed by atoms with Crippen LogP contribution in [-0.4, -0.2) is 18.6 Å². The number of hydrogen-bond donors (Lipinski definition) is 2. The van der Waals surface area contributed by atoms with E-state index in [9.17, 15) is 0 Å². The molecule has 2 N–H and O–H groups in total. The van der Waals surface area contributed by atoms with Gasteiger partial charge < -0.3 is 5.32 Å². The normalized spacial score (nSPS) is 16.2. The van der Waals surface area contributed by atoms with E-state index in [1.807, 2.05) is 18.3 Å². The highest BCUT2D eigenvalue weighted by molar-refractivity contribution is 5.86. The van der Waals surface area contributed by atoms with Crippen LogP contribution in [0.1, 0.15) is 44.2 Å². The Morgan fingerprint density at radius 1 is 1.36 bits per heavy atom. The van der Waals surface area contributed by atoms with Crippen LogP contribution < -0.4 is 10.7 Å². The van der Waals surface area contributed by atoms with Gasteiger partial charge in [-0.15, -0.1) is 0 Å². The Bertz CT molecular complexity index is 723. The van der Waals surface area contributed by atoms with Crippen molar-refractivity contribution in [1.82, 2.24) is 10.7 Å². The highest BCUT2D eigenvalue weighted by atomic mass is 15.3. The molecule has 132 valence electrons. The first-order valence-electron chi connectivity index (χ1n) is 8.84. The second-order valence-electron chi connectivity index (χ2n) is 6.17. The second-order valence-corrected chi connectivity index (χ2v) is 6.17. The first-order chi connectivity index (χ1) is 12.1. The summed E-state index contributed by atoms with van der Waals surface area (Å²) in [5.41, 5.74) is 7.79. The zero-order chi connectivity index (χ0) is 18.1. The van der Waals surface area contributed by atoms with Gasteiger partial charge in [-0.05, 0) is 37.0 Å². The van der Waals surface area contributed by atoms with E-state index in [0.717, 1.165) is 42.1 Å². The van der Waals surface area contributed by atoms with Crippen molar-refractivity contribution in [3.05, 3.63) is 71.1 Å². The number of rotatable bonds is 7. The average molecular weight is 336 g/mol. The lowest BCUT2D eigenvalue weighted by molar-refractivity contribution is 0.819. The van der Waals surface area contributed by atoms with E-state index in [-0.39, 0.29) is 0 Å². The van der Waals surface area contributed by atoms with Crippen LogP contribution in [0.5, 0.6) is 0 Å². The summed E-state index contributed by atoms with van der Waals surface area (Å²) < 4.78 is 0. The summed E-state index contributed by atoms with van der Waals surface area (Å²) in [4.78, 5) is 4.64. The Kier molecular flexibility index (Phi) is 7.20. The van der Waals surface area contributed by atoms with Gasteiger partial charge >= 0.3 is 0 Å². The number of hydrogen-bond acceptors (Lipinski definition) is 3. The zero-order valence-electron chi connectivity index (χ0n) is 15.5. The van der Waals surface area contributed by atoms with Crippen molar-refractivity contribution in [3.63, 3.8) is 0 Å². The third-order valence-electron chi connectivity index (χ3n) is 4.01. The predicted octanol–water partition coefficient (Wildman–Crippen LogP) is 4.45. The molecule has 1 aliphatic heterocycles. The molecule has 0 radical (unpaired) electrons. The van der Waals surface area contributed by atoms with Gasteiger partial charge in [-0.3, -0.25) is 10.4 Å². The Labute approximate surface area is 151 Å². The minimum atomic E-state index is 0.661. The zero-order valence-corrected chi connectivity index (χ0v) is 15.5. The van der Waals surface area contributed by atoms with Gasteiger partial charge in [0.15, 0.2) is 0 Å². The number of allylic oxidation sites excluding steroid dienone is 2. The first kappa shape index (κ1) is 18.7. The van der Waals surface area contributed by atoms with Gasteiger partial charge in [0.25, 0.3) is 0 Å². The molecule has 0 saturated heterocycles. The van der Waals surface area contributed by atoms with E-state index in [2.05, 4.69) is 72.5 Å². The lowest BCUT2D eigenvalue weighted by Gasteiger charge is -2.10. The van der Waals surface area contributed by atoms with Gasteiger partial charge in [0.2, 0.25) is 0 Å². The molecule has 1 heterocycles. The van der Waals surface area contributed by atoms with Crippen molar-refractivity contribution in [2.45, 2.75) is 40.0 Å². The van der Waals surface area contributed by atoms with Crippen LogP contribution in [-0.2, 0) is 0 Å². The van der Waals surface area contributed by atoms with Gasteiger partial charge in [-0.1, -0.05) is 61.9 Å². The fourth-order valence-electron chi connectivity index (χ4n) is 2.37. The Balaban J connectivity index is 2.07. The van der Waals surface area contributed by atoms with Crippen LogP contribution >= 0.6 is 0 Å². The fourth-order valence-corrected chi connectivity index (χ4v) is 2.37. The molecular formula is C21H28N4. The van der Waals surface area contributed by atoms with E-state index in [4.69, 9.17) is 0 Å². The maximum atomic E-state index is 4.64. The molecule has 0 amide bonds. The summed E-state index contributed by atoms with van der Waals surface area (Å²) in [5, 5.41) is 7.71. The molecule has 4 heteroatoms. The van der Waals surface area contributed by atoms with E-state index < -0.39 is 0 Å². The van der Waals surface area contributed by atoms with Crippen LogP contribution in [0, 0.1) is 6.92 Å². The van der Waals surface area contributed by atoms with E-state index in [1.165, 1.54) is 11.1 Å². The Hall–Kier alpha value is -2.62. The molecule has 0 spiro atoms. The highest BCUT2D eigenvalue weighted by Crippen LogP contribution is 2.11. The summed E-state index contributed by atoms with van der Waals surface area (Å²) in [6, 6.07) is 8.24. The van der Waals surface area contributed by atoms with Crippen LogP contribution in [0.2, 0.25) is 0 Å². The SMILES string of the molecule is C=C(CC)CN=C1CC=C(CC)C=C(N/N=C/c2cccc(C)c2)N1. The molecule has 0 fully saturated rings. The van der Waals surface area contributed by atoms with Crippen molar-refractivity contribution < 1.29 is 0 Å². The number of amidine groups is 1. The molecule has 0 aromatic heterocycles.